The molecule has 0 spiro atoms. The Hall–Kier alpha value is -1.10. The van der Waals surface area contributed by atoms with Crippen molar-refractivity contribution < 1.29 is 14.2 Å². The van der Waals surface area contributed by atoms with Crippen LogP contribution in [0, 0.1) is 5.92 Å². The van der Waals surface area contributed by atoms with Gasteiger partial charge in [0.25, 0.3) is 0 Å². The van der Waals surface area contributed by atoms with Crippen LogP contribution in [0.3, 0.4) is 0 Å². The molecule has 112 valence electrons. The molecule has 1 aliphatic heterocycles. The van der Waals surface area contributed by atoms with Crippen molar-refractivity contribution in [1.82, 2.24) is 0 Å². The molecule has 1 aromatic carbocycles. The van der Waals surface area contributed by atoms with Crippen LogP contribution >= 0.6 is 0 Å². The lowest BCUT2D eigenvalue weighted by Gasteiger charge is -2.15. The summed E-state index contributed by atoms with van der Waals surface area (Å²) in [5, 5.41) is 0. The van der Waals surface area contributed by atoms with Crippen LogP contribution in [-0.4, -0.2) is 33.0 Å². The Bertz CT molecular complexity index is 374. The predicted molar refractivity (Wildman–Crippen MR) is 78.9 cm³/mol. The first-order valence-corrected chi connectivity index (χ1v) is 7.43. The Kier molecular flexibility index (Phi) is 6.30. The van der Waals surface area contributed by atoms with E-state index in [-0.39, 0.29) is 6.04 Å². The summed E-state index contributed by atoms with van der Waals surface area (Å²) in [6.07, 6.45) is 2.11. The standard InChI is InChI=1S/C16H25NO3/c1-2-8-20-15-5-3-14(4-6-15)16(17)12-19-11-13-7-9-18-10-13/h3-6,13,16H,2,7-12,17H2,1H3. The molecule has 4 nitrogen and oxygen atoms in total. The van der Waals surface area contributed by atoms with Gasteiger partial charge in [0.15, 0.2) is 0 Å². The number of ether oxygens (including phenoxy) is 3. The van der Waals surface area contributed by atoms with E-state index in [0.29, 0.717) is 12.5 Å². The Balaban J connectivity index is 1.72. The van der Waals surface area contributed by atoms with Gasteiger partial charge in [-0.05, 0) is 30.5 Å². The molecule has 1 aliphatic rings. The lowest BCUT2D eigenvalue weighted by atomic mass is 10.1. The monoisotopic (exact) mass is 279 g/mol. The van der Waals surface area contributed by atoms with Gasteiger partial charge in [-0.15, -0.1) is 0 Å². The molecule has 20 heavy (non-hydrogen) atoms. The minimum absolute atomic E-state index is 0.0856. The zero-order valence-electron chi connectivity index (χ0n) is 12.2. The summed E-state index contributed by atoms with van der Waals surface area (Å²) in [7, 11) is 0. The lowest BCUT2D eigenvalue weighted by Crippen LogP contribution is -2.20. The van der Waals surface area contributed by atoms with E-state index in [2.05, 4.69) is 6.92 Å². The predicted octanol–water partition coefficient (Wildman–Crippen LogP) is 2.53. The first-order chi connectivity index (χ1) is 9.79. The molecule has 0 saturated carbocycles. The quantitative estimate of drug-likeness (QED) is 0.794. The number of benzene rings is 1. The van der Waals surface area contributed by atoms with Crippen LogP contribution in [0.15, 0.2) is 24.3 Å². The van der Waals surface area contributed by atoms with Crippen molar-refractivity contribution in [2.24, 2.45) is 11.7 Å². The molecule has 1 aromatic rings. The highest BCUT2D eigenvalue weighted by atomic mass is 16.5. The van der Waals surface area contributed by atoms with Crippen LogP contribution in [0.2, 0.25) is 0 Å². The van der Waals surface area contributed by atoms with Gasteiger partial charge < -0.3 is 19.9 Å². The summed E-state index contributed by atoms with van der Waals surface area (Å²) in [6, 6.07) is 7.87. The number of nitrogens with two attached hydrogens (primary N) is 1. The van der Waals surface area contributed by atoms with E-state index in [1.807, 2.05) is 24.3 Å². The van der Waals surface area contributed by atoms with Gasteiger partial charge in [-0.2, -0.15) is 0 Å². The maximum atomic E-state index is 6.13. The average molecular weight is 279 g/mol. The summed E-state index contributed by atoms with van der Waals surface area (Å²) in [5.74, 6) is 1.43. The Morgan fingerprint density at radius 1 is 1.35 bits per heavy atom. The molecule has 1 saturated heterocycles. The largest absolute Gasteiger partial charge is 0.494 e. The van der Waals surface area contributed by atoms with Crippen molar-refractivity contribution >= 4 is 0 Å². The van der Waals surface area contributed by atoms with Crippen LogP contribution in [0.5, 0.6) is 5.75 Å². The minimum Gasteiger partial charge on any atom is -0.494 e. The zero-order chi connectivity index (χ0) is 14.2. The topological polar surface area (TPSA) is 53.7 Å². The first kappa shape index (κ1) is 15.3. The minimum atomic E-state index is -0.0856. The van der Waals surface area contributed by atoms with Crippen molar-refractivity contribution in [3.63, 3.8) is 0 Å². The Labute approximate surface area is 121 Å². The molecule has 0 aromatic heterocycles. The molecular weight excluding hydrogens is 254 g/mol. The Morgan fingerprint density at radius 3 is 2.80 bits per heavy atom. The molecule has 0 bridgehead atoms. The van der Waals surface area contributed by atoms with Crippen LogP contribution in [-0.2, 0) is 9.47 Å². The highest BCUT2D eigenvalue weighted by Gasteiger charge is 2.16. The van der Waals surface area contributed by atoms with Crippen molar-refractivity contribution in [1.29, 1.82) is 0 Å². The lowest BCUT2D eigenvalue weighted by molar-refractivity contribution is 0.0808. The normalized spacial score (nSPS) is 20.0. The fraction of sp³-hybridized carbons (Fsp3) is 0.625. The summed E-state index contributed by atoms with van der Waals surface area (Å²) in [5.41, 5.74) is 7.21. The van der Waals surface area contributed by atoms with E-state index >= 15 is 0 Å². The maximum absolute atomic E-state index is 6.13. The van der Waals surface area contributed by atoms with E-state index in [1.54, 1.807) is 0 Å². The maximum Gasteiger partial charge on any atom is 0.119 e. The summed E-state index contributed by atoms with van der Waals surface area (Å²) in [4.78, 5) is 0. The third-order valence-corrected chi connectivity index (χ3v) is 3.46. The van der Waals surface area contributed by atoms with E-state index in [0.717, 1.165) is 50.6 Å². The molecule has 0 aliphatic carbocycles. The molecule has 2 rings (SSSR count). The van der Waals surface area contributed by atoms with Crippen LogP contribution in [0.1, 0.15) is 31.4 Å². The third kappa shape index (κ3) is 4.78. The number of rotatable bonds is 8. The van der Waals surface area contributed by atoms with Crippen LogP contribution in [0.4, 0.5) is 0 Å². The average Bonchev–Trinajstić information content (AvgIpc) is 2.99. The molecule has 4 heteroatoms. The van der Waals surface area contributed by atoms with Crippen LogP contribution in [0.25, 0.3) is 0 Å². The van der Waals surface area contributed by atoms with Crippen molar-refractivity contribution in [3.05, 3.63) is 29.8 Å². The van der Waals surface area contributed by atoms with Gasteiger partial charge in [-0.1, -0.05) is 19.1 Å². The van der Waals surface area contributed by atoms with E-state index in [9.17, 15) is 0 Å². The molecule has 2 N–H and O–H groups in total. The first-order valence-electron chi connectivity index (χ1n) is 7.43. The number of hydrogen-bond acceptors (Lipinski definition) is 4. The van der Waals surface area contributed by atoms with Gasteiger partial charge in [-0.25, -0.2) is 0 Å². The molecule has 2 atom stereocenters. The molecule has 0 radical (unpaired) electrons. The fourth-order valence-electron chi connectivity index (χ4n) is 2.20. The van der Waals surface area contributed by atoms with Crippen molar-refractivity contribution in [2.75, 3.05) is 33.0 Å². The summed E-state index contributed by atoms with van der Waals surface area (Å²) >= 11 is 0. The summed E-state index contributed by atoms with van der Waals surface area (Å²) < 4.78 is 16.6. The zero-order valence-corrected chi connectivity index (χ0v) is 12.2. The van der Waals surface area contributed by atoms with Gasteiger partial charge in [0.05, 0.1) is 32.5 Å². The van der Waals surface area contributed by atoms with Gasteiger partial charge in [-0.3, -0.25) is 0 Å². The molecule has 1 heterocycles. The van der Waals surface area contributed by atoms with Gasteiger partial charge in [0, 0.05) is 12.5 Å². The molecule has 0 amide bonds. The SMILES string of the molecule is CCCOc1ccc(C(N)COCC2CCOC2)cc1. The highest BCUT2D eigenvalue weighted by Crippen LogP contribution is 2.18. The van der Waals surface area contributed by atoms with E-state index in [1.165, 1.54) is 0 Å². The third-order valence-electron chi connectivity index (χ3n) is 3.46. The second-order valence-corrected chi connectivity index (χ2v) is 5.29. The summed E-state index contributed by atoms with van der Waals surface area (Å²) in [6.45, 7) is 5.81. The van der Waals surface area contributed by atoms with E-state index < -0.39 is 0 Å². The highest BCUT2D eigenvalue weighted by molar-refractivity contribution is 5.29. The molecular formula is C16H25NO3. The fourth-order valence-corrected chi connectivity index (χ4v) is 2.20. The Morgan fingerprint density at radius 2 is 2.15 bits per heavy atom. The second-order valence-electron chi connectivity index (χ2n) is 5.29. The van der Waals surface area contributed by atoms with Gasteiger partial charge in [0.2, 0.25) is 0 Å². The second kappa shape index (κ2) is 8.25. The molecule has 2 unspecified atom stereocenters. The molecule has 1 fully saturated rings. The van der Waals surface area contributed by atoms with Crippen molar-refractivity contribution in [2.45, 2.75) is 25.8 Å². The smallest absolute Gasteiger partial charge is 0.119 e. The van der Waals surface area contributed by atoms with E-state index in [4.69, 9.17) is 19.9 Å². The van der Waals surface area contributed by atoms with Gasteiger partial charge in [0.1, 0.15) is 5.75 Å². The van der Waals surface area contributed by atoms with Crippen molar-refractivity contribution in [3.8, 4) is 5.75 Å². The van der Waals surface area contributed by atoms with Gasteiger partial charge >= 0.3 is 0 Å². The number of hydrogen-bond donors (Lipinski definition) is 1. The van der Waals surface area contributed by atoms with Crippen LogP contribution < -0.4 is 10.5 Å².